The molecular weight excluding hydrogens is 304 g/mol. The molecule has 0 aromatic carbocycles. The molecule has 1 N–H and O–H groups in total. The molecule has 1 heterocycles. The molecule has 1 saturated carbocycles. The zero-order valence-corrected chi connectivity index (χ0v) is 10.7. The first-order valence-corrected chi connectivity index (χ1v) is 6.22. The van der Waals surface area contributed by atoms with Crippen LogP contribution in [0.4, 0.5) is 26.3 Å². The Bertz CT molecular complexity index is 449. The fourth-order valence-electron chi connectivity index (χ4n) is 1.67. The molecule has 1 aliphatic carbocycles. The van der Waals surface area contributed by atoms with Crippen LogP contribution in [0.3, 0.4) is 0 Å². The predicted octanol–water partition coefficient (Wildman–Crippen LogP) is 3.54. The molecule has 1 aliphatic rings. The maximum Gasteiger partial charge on any atom is 0.423 e. The number of hydrogen-bond donors (Lipinski definition) is 1. The zero-order chi connectivity index (χ0) is 15.7. The Morgan fingerprint density at radius 1 is 1.10 bits per heavy atom. The van der Waals surface area contributed by atoms with E-state index in [1.165, 1.54) is 12.1 Å². The third kappa shape index (κ3) is 4.92. The maximum absolute atomic E-state index is 12.3. The van der Waals surface area contributed by atoms with Gasteiger partial charge in [0.2, 0.25) is 6.10 Å². The summed E-state index contributed by atoms with van der Waals surface area (Å²) >= 11 is 0. The predicted molar refractivity (Wildman–Crippen MR) is 59.3 cm³/mol. The normalized spacial score (nSPS) is 16.7. The van der Waals surface area contributed by atoms with Crippen molar-refractivity contribution in [2.75, 3.05) is 0 Å². The minimum Gasteiger partial charge on any atom is -0.462 e. The van der Waals surface area contributed by atoms with E-state index in [0.717, 1.165) is 12.8 Å². The minimum atomic E-state index is -5.51. The van der Waals surface area contributed by atoms with Crippen molar-refractivity contribution >= 4 is 0 Å². The van der Waals surface area contributed by atoms with Crippen LogP contribution in [0.2, 0.25) is 0 Å². The maximum atomic E-state index is 12.3. The summed E-state index contributed by atoms with van der Waals surface area (Å²) in [5.41, 5.74) is 0. The van der Waals surface area contributed by atoms with Gasteiger partial charge in [-0.3, -0.25) is 0 Å². The van der Waals surface area contributed by atoms with Gasteiger partial charge >= 0.3 is 12.4 Å². The van der Waals surface area contributed by atoms with Crippen LogP contribution >= 0.6 is 0 Å². The number of halogens is 6. The summed E-state index contributed by atoms with van der Waals surface area (Å²) in [6.07, 6.45) is -12.7. The minimum absolute atomic E-state index is 0.0823. The molecule has 9 heteroatoms. The monoisotopic (exact) mass is 317 g/mol. The molecule has 0 aliphatic heterocycles. The van der Waals surface area contributed by atoms with Crippen molar-refractivity contribution < 1.29 is 35.5 Å². The van der Waals surface area contributed by atoms with Gasteiger partial charge in [-0.15, -0.1) is 0 Å². The quantitative estimate of drug-likeness (QED) is 0.815. The lowest BCUT2D eigenvalue weighted by Crippen LogP contribution is -2.44. The molecule has 1 aromatic rings. The Kier molecular flexibility index (Phi) is 4.52. The van der Waals surface area contributed by atoms with Crippen LogP contribution in [0, 0.1) is 0 Å². The van der Waals surface area contributed by atoms with E-state index in [1.807, 2.05) is 0 Å². The highest BCUT2D eigenvalue weighted by atomic mass is 19.4. The van der Waals surface area contributed by atoms with Gasteiger partial charge in [-0.2, -0.15) is 26.3 Å². The van der Waals surface area contributed by atoms with Gasteiger partial charge in [0.15, 0.2) is 0 Å². The molecule has 0 spiro atoms. The Balaban J connectivity index is 1.88. The number of rotatable bonds is 6. The second-order valence-corrected chi connectivity index (χ2v) is 4.80. The lowest BCUT2D eigenvalue weighted by molar-refractivity contribution is -0.325. The van der Waals surface area contributed by atoms with Crippen LogP contribution in [-0.4, -0.2) is 24.5 Å². The van der Waals surface area contributed by atoms with Crippen LogP contribution in [0.25, 0.3) is 0 Å². The van der Waals surface area contributed by atoms with Crippen molar-refractivity contribution in [3.63, 3.8) is 0 Å². The van der Waals surface area contributed by atoms with Gasteiger partial charge in [-0.25, -0.2) is 0 Å². The Labute approximate surface area is 116 Å². The summed E-state index contributed by atoms with van der Waals surface area (Å²) in [5, 5.41) is 3.11. The van der Waals surface area contributed by atoms with Crippen LogP contribution in [0.1, 0.15) is 24.4 Å². The van der Waals surface area contributed by atoms with Crippen LogP contribution in [-0.2, 0) is 17.9 Å². The Morgan fingerprint density at radius 2 is 1.67 bits per heavy atom. The molecule has 1 fully saturated rings. The van der Waals surface area contributed by atoms with Gasteiger partial charge < -0.3 is 14.5 Å². The smallest absolute Gasteiger partial charge is 0.423 e. The third-order valence-corrected chi connectivity index (χ3v) is 2.85. The van der Waals surface area contributed by atoms with Crippen LogP contribution in [0.5, 0.6) is 0 Å². The summed E-state index contributed by atoms with van der Waals surface area (Å²) in [6, 6.07) is 3.20. The van der Waals surface area contributed by atoms with E-state index in [4.69, 9.17) is 4.42 Å². The highest BCUT2D eigenvalue weighted by Gasteiger charge is 2.58. The van der Waals surface area contributed by atoms with Gasteiger partial charge in [0, 0.05) is 6.04 Å². The first kappa shape index (κ1) is 16.2. The summed E-state index contributed by atoms with van der Waals surface area (Å²) in [6.45, 7) is -0.514. The fourth-order valence-corrected chi connectivity index (χ4v) is 1.67. The van der Waals surface area contributed by atoms with Crippen molar-refractivity contribution in [3.8, 4) is 0 Å². The second kappa shape index (κ2) is 5.88. The van der Waals surface area contributed by atoms with Crippen molar-refractivity contribution in [2.24, 2.45) is 0 Å². The molecule has 2 rings (SSSR count). The second-order valence-electron chi connectivity index (χ2n) is 4.80. The van der Waals surface area contributed by atoms with Gasteiger partial charge in [0.05, 0.1) is 6.54 Å². The first-order chi connectivity index (χ1) is 9.66. The van der Waals surface area contributed by atoms with Gasteiger partial charge in [0.25, 0.3) is 0 Å². The lowest BCUT2D eigenvalue weighted by atomic mass is 10.3. The average Bonchev–Trinajstić information content (AvgIpc) is 3.03. The average molecular weight is 317 g/mol. The van der Waals surface area contributed by atoms with Gasteiger partial charge in [-0.05, 0) is 25.0 Å². The van der Waals surface area contributed by atoms with E-state index < -0.39 is 25.1 Å². The molecule has 0 atom stereocenters. The topological polar surface area (TPSA) is 34.4 Å². The third-order valence-electron chi connectivity index (χ3n) is 2.85. The van der Waals surface area contributed by atoms with Gasteiger partial charge in [0.1, 0.15) is 18.1 Å². The Hall–Kier alpha value is -1.22. The van der Waals surface area contributed by atoms with Gasteiger partial charge in [-0.1, -0.05) is 0 Å². The molecule has 0 amide bonds. The molecule has 1 aromatic heterocycles. The van der Waals surface area contributed by atoms with E-state index in [9.17, 15) is 26.3 Å². The molecule has 3 nitrogen and oxygen atoms in total. The van der Waals surface area contributed by atoms with Crippen molar-refractivity contribution in [2.45, 2.75) is 50.5 Å². The highest BCUT2D eigenvalue weighted by molar-refractivity contribution is 5.07. The lowest BCUT2D eigenvalue weighted by Gasteiger charge is -2.22. The number of ether oxygens (including phenoxy) is 1. The SMILES string of the molecule is FC(F)(F)C(OCc1ccc(CNC2CC2)o1)C(F)(F)F. The molecule has 0 saturated heterocycles. The van der Waals surface area contributed by atoms with E-state index in [1.54, 1.807) is 0 Å². The van der Waals surface area contributed by atoms with Crippen molar-refractivity contribution in [3.05, 3.63) is 23.7 Å². The molecule has 120 valence electrons. The van der Waals surface area contributed by atoms with E-state index in [2.05, 4.69) is 10.1 Å². The van der Waals surface area contributed by atoms with Crippen molar-refractivity contribution in [1.82, 2.24) is 5.32 Å². The zero-order valence-electron chi connectivity index (χ0n) is 10.7. The molecule has 0 unspecified atom stereocenters. The summed E-state index contributed by atoms with van der Waals surface area (Å²) in [4.78, 5) is 0. The standard InChI is InChI=1S/C12H13F6NO2/c13-11(14,15)10(12(16,17)18)20-6-9-4-3-8(21-9)5-19-7-1-2-7/h3-4,7,10,19H,1-2,5-6H2. The Morgan fingerprint density at radius 3 is 2.19 bits per heavy atom. The van der Waals surface area contributed by atoms with Crippen LogP contribution in [0.15, 0.2) is 16.5 Å². The highest BCUT2D eigenvalue weighted by Crippen LogP contribution is 2.36. The van der Waals surface area contributed by atoms with E-state index in [0.29, 0.717) is 18.3 Å². The molecular formula is C12H13F6NO2. The van der Waals surface area contributed by atoms with Crippen LogP contribution < -0.4 is 5.32 Å². The summed E-state index contributed by atoms with van der Waals surface area (Å²) in [5.74, 6) is 0.358. The first-order valence-electron chi connectivity index (χ1n) is 6.22. The van der Waals surface area contributed by atoms with E-state index in [-0.39, 0.29) is 5.76 Å². The molecule has 0 radical (unpaired) electrons. The number of hydrogen-bond acceptors (Lipinski definition) is 3. The molecule has 21 heavy (non-hydrogen) atoms. The largest absolute Gasteiger partial charge is 0.462 e. The number of nitrogens with one attached hydrogen (secondary N) is 1. The van der Waals surface area contributed by atoms with Crippen molar-refractivity contribution in [1.29, 1.82) is 0 Å². The summed E-state index contributed by atoms with van der Waals surface area (Å²) < 4.78 is 82.6. The molecule has 0 bridgehead atoms. The fraction of sp³-hybridized carbons (Fsp3) is 0.667. The summed E-state index contributed by atoms with van der Waals surface area (Å²) in [7, 11) is 0. The number of furan rings is 1. The number of alkyl halides is 6. The van der Waals surface area contributed by atoms with E-state index >= 15 is 0 Å².